The molecule has 1 heterocycles. The van der Waals surface area contributed by atoms with Gasteiger partial charge < -0.3 is 0 Å². The Morgan fingerprint density at radius 1 is 1.67 bits per heavy atom. The third-order valence-corrected chi connectivity index (χ3v) is 2.67. The van der Waals surface area contributed by atoms with Crippen LogP contribution in [0.2, 0.25) is 0 Å². The normalized spacial score (nSPS) is 35.1. The monoisotopic (exact) mass is 151 g/mol. The van der Waals surface area contributed by atoms with Crippen LogP contribution in [0.1, 0.15) is 6.92 Å². The van der Waals surface area contributed by atoms with Gasteiger partial charge in [0.1, 0.15) is 0 Å². The quantitative estimate of drug-likeness (QED) is 0.472. The van der Waals surface area contributed by atoms with Gasteiger partial charge in [-0.15, -0.1) is 0 Å². The number of nitrogens with zero attached hydrogens (tertiary/aromatic N) is 1. The van der Waals surface area contributed by atoms with E-state index in [-0.39, 0.29) is 6.10 Å². The molecule has 0 aromatic heterocycles. The molecular formula is C4H9NO3S. The summed E-state index contributed by atoms with van der Waals surface area (Å²) in [6.45, 7) is 2.18. The molecule has 1 aliphatic rings. The van der Waals surface area contributed by atoms with E-state index in [9.17, 15) is 8.42 Å². The fourth-order valence-electron chi connectivity index (χ4n) is 0.765. The standard InChI is InChI=1S/C4H9NO3S/c1-4-3-5(2)9(6,7)8-4/h4H,3H2,1-2H3. The molecule has 1 atom stereocenters. The first kappa shape index (κ1) is 6.98. The highest BCUT2D eigenvalue weighted by Gasteiger charge is 2.30. The largest absolute Gasteiger partial charge is 0.338 e. The summed E-state index contributed by atoms with van der Waals surface area (Å²) in [5.74, 6) is 0. The number of hydrogen-bond donors (Lipinski definition) is 0. The molecule has 0 aliphatic carbocycles. The average Bonchev–Trinajstić information content (AvgIpc) is 1.79. The molecule has 0 aromatic rings. The van der Waals surface area contributed by atoms with E-state index in [1.807, 2.05) is 0 Å². The van der Waals surface area contributed by atoms with Crippen LogP contribution in [-0.2, 0) is 14.5 Å². The molecule has 1 aliphatic heterocycles. The van der Waals surface area contributed by atoms with Crippen molar-refractivity contribution < 1.29 is 12.6 Å². The molecule has 0 spiro atoms. The van der Waals surface area contributed by atoms with Gasteiger partial charge in [-0.1, -0.05) is 0 Å². The summed E-state index contributed by atoms with van der Waals surface area (Å²) >= 11 is 0. The molecule has 0 saturated carbocycles. The van der Waals surface area contributed by atoms with E-state index >= 15 is 0 Å². The number of hydrogen-bond acceptors (Lipinski definition) is 3. The van der Waals surface area contributed by atoms with Gasteiger partial charge in [0, 0.05) is 13.6 Å². The van der Waals surface area contributed by atoms with Crippen molar-refractivity contribution in [2.45, 2.75) is 13.0 Å². The van der Waals surface area contributed by atoms with Crippen molar-refractivity contribution in [1.82, 2.24) is 4.31 Å². The molecule has 0 N–H and O–H groups in total. The smallest absolute Gasteiger partial charge is 0.253 e. The maximum absolute atomic E-state index is 10.7. The van der Waals surface area contributed by atoms with Crippen LogP contribution in [0.4, 0.5) is 0 Å². The summed E-state index contributed by atoms with van der Waals surface area (Å²) in [6, 6.07) is 0. The predicted octanol–water partition coefficient (Wildman–Crippen LogP) is -0.418. The first-order valence-electron chi connectivity index (χ1n) is 2.67. The fourth-order valence-corrected chi connectivity index (χ4v) is 1.78. The Kier molecular flexibility index (Phi) is 1.50. The van der Waals surface area contributed by atoms with Crippen LogP contribution in [0.25, 0.3) is 0 Å². The zero-order valence-corrected chi connectivity index (χ0v) is 6.18. The lowest BCUT2D eigenvalue weighted by Crippen LogP contribution is -2.19. The van der Waals surface area contributed by atoms with Gasteiger partial charge in [0.2, 0.25) is 0 Å². The van der Waals surface area contributed by atoms with Crippen LogP contribution in [0.3, 0.4) is 0 Å². The molecule has 1 fully saturated rings. The number of rotatable bonds is 0. The minimum atomic E-state index is -3.34. The lowest BCUT2D eigenvalue weighted by Gasteiger charge is -2.00. The predicted molar refractivity (Wildman–Crippen MR) is 32.1 cm³/mol. The third kappa shape index (κ3) is 1.23. The van der Waals surface area contributed by atoms with Gasteiger partial charge in [0.15, 0.2) is 0 Å². The summed E-state index contributed by atoms with van der Waals surface area (Å²) in [5.41, 5.74) is 0. The van der Waals surface area contributed by atoms with Crippen LogP contribution in [0, 0.1) is 0 Å². The van der Waals surface area contributed by atoms with Gasteiger partial charge in [-0.05, 0) is 6.92 Å². The van der Waals surface area contributed by atoms with Crippen molar-refractivity contribution in [1.29, 1.82) is 0 Å². The average molecular weight is 151 g/mol. The molecule has 4 nitrogen and oxygen atoms in total. The van der Waals surface area contributed by atoms with Gasteiger partial charge in [-0.3, -0.25) is 4.18 Å². The summed E-state index contributed by atoms with van der Waals surface area (Å²) in [7, 11) is -1.84. The van der Waals surface area contributed by atoms with Crippen LogP contribution in [0.5, 0.6) is 0 Å². The summed E-state index contributed by atoms with van der Waals surface area (Å²) in [5, 5.41) is 0. The van der Waals surface area contributed by atoms with Crippen molar-refractivity contribution in [2.24, 2.45) is 0 Å². The molecule has 1 unspecified atom stereocenters. The Bertz CT molecular complexity index is 198. The van der Waals surface area contributed by atoms with E-state index in [4.69, 9.17) is 0 Å². The van der Waals surface area contributed by atoms with Crippen molar-refractivity contribution in [3.05, 3.63) is 0 Å². The highest BCUT2D eigenvalue weighted by atomic mass is 32.2. The zero-order chi connectivity index (χ0) is 7.07. The Hall–Kier alpha value is -0.130. The molecular weight excluding hydrogens is 142 g/mol. The van der Waals surface area contributed by atoms with Crippen molar-refractivity contribution in [3.63, 3.8) is 0 Å². The van der Waals surface area contributed by atoms with E-state index in [1.54, 1.807) is 6.92 Å². The summed E-state index contributed by atoms with van der Waals surface area (Å²) < 4.78 is 27.1. The van der Waals surface area contributed by atoms with E-state index in [0.717, 1.165) is 0 Å². The molecule has 0 amide bonds. The number of likely N-dealkylation sites (N-methyl/N-ethyl adjacent to an activating group) is 1. The summed E-state index contributed by atoms with van der Waals surface area (Å²) in [6.07, 6.45) is -0.194. The molecule has 1 saturated heterocycles. The lowest BCUT2D eigenvalue weighted by molar-refractivity contribution is 0.267. The van der Waals surface area contributed by atoms with Gasteiger partial charge >= 0.3 is 10.3 Å². The molecule has 0 aromatic carbocycles. The van der Waals surface area contributed by atoms with Crippen LogP contribution in [0.15, 0.2) is 0 Å². The third-order valence-electron chi connectivity index (χ3n) is 1.18. The first-order valence-corrected chi connectivity index (χ1v) is 4.03. The van der Waals surface area contributed by atoms with E-state index in [2.05, 4.69) is 4.18 Å². The minimum absolute atomic E-state index is 0.194. The Morgan fingerprint density at radius 3 is 2.33 bits per heavy atom. The lowest BCUT2D eigenvalue weighted by atomic mass is 10.4. The SMILES string of the molecule is CC1CN(C)S(=O)(=O)O1. The second-order valence-electron chi connectivity index (χ2n) is 2.15. The van der Waals surface area contributed by atoms with Crippen LogP contribution in [-0.4, -0.2) is 32.4 Å². The molecule has 0 radical (unpaired) electrons. The summed E-state index contributed by atoms with van der Waals surface area (Å²) in [4.78, 5) is 0. The highest BCUT2D eigenvalue weighted by molar-refractivity contribution is 7.84. The van der Waals surface area contributed by atoms with Crippen molar-refractivity contribution >= 4 is 10.3 Å². The Morgan fingerprint density at radius 2 is 2.22 bits per heavy atom. The highest BCUT2D eigenvalue weighted by Crippen LogP contribution is 2.13. The molecule has 1 rings (SSSR count). The van der Waals surface area contributed by atoms with E-state index < -0.39 is 10.3 Å². The second kappa shape index (κ2) is 1.93. The van der Waals surface area contributed by atoms with Crippen molar-refractivity contribution in [3.8, 4) is 0 Å². The molecule has 5 heteroatoms. The second-order valence-corrected chi connectivity index (χ2v) is 3.82. The van der Waals surface area contributed by atoms with E-state index in [1.165, 1.54) is 11.4 Å². The van der Waals surface area contributed by atoms with Crippen LogP contribution < -0.4 is 0 Å². The molecule has 0 bridgehead atoms. The fraction of sp³-hybridized carbons (Fsp3) is 1.00. The Balaban J connectivity index is 2.83. The maximum Gasteiger partial charge on any atom is 0.338 e. The molecule has 9 heavy (non-hydrogen) atoms. The van der Waals surface area contributed by atoms with Crippen LogP contribution >= 0.6 is 0 Å². The minimum Gasteiger partial charge on any atom is -0.253 e. The van der Waals surface area contributed by atoms with Gasteiger partial charge in [0.05, 0.1) is 6.10 Å². The zero-order valence-electron chi connectivity index (χ0n) is 5.36. The van der Waals surface area contributed by atoms with Crippen molar-refractivity contribution in [2.75, 3.05) is 13.6 Å². The molecule has 54 valence electrons. The van der Waals surface area contributed by atoms with Gasteiger partial charge in [0.25, 0.3) is 0 Å². The van der Waals surface area contributed by atoms with Gasteiger partial charge in [-0.25, -0.2) is 0 Å². The maximum atomic E-state index is 10.7. The van der Waals surface area contributed by atoms with Gasteiger partial charge in [-0.2, -0.15) is 12.7 Å². The Labute approximate surface area is 54.7 Å². The van der Waals surface area contributed by atoms with E-state index in [0.29, 0.717) is 6.54 Å². The topological polar surface area (TPSA) is 46.6 Å². The first-order chi connectivity index (χ1) is 4.02.